The summed E-state index contributed by atoms with van der Waals surface area (Å²) < 4.78 is 27.8. The Morgan fingerprint density at radius 3 is 2.86 bits per heavy atom. The first kappa shape index (κ1) is 18.5. The second-order valence-corrected chi connectivity index (χ2v) is 8.40. The van der Waals surface area contributed by atoms with Gasteiger partial charge in [0.25, 0.3) is 0 Å². The largest absolute Gasteiger partial charge is 0.383 e. The van der Waals surface area contributed by atoms with E-state index in [-0.39, 0.29) is 11.5 Å². The minimum Gasteiger partial charge on any atom is -0.383 e. The predicted molar refractivity (Wildman–Crippen MR) is 89.7 cm³/mol. The first-order chi connectivity index (χ1) is 10.1. The first-order valence-electron chi connectivity index (χ1n) is 7.19. The highest BCUT2D eigenvalue weighted by atomic mass is 32.2. The summed E-state index contributed by atoms with van der Waals surface area (Å²) in [6, 6.07) is 8.35. The van der Waals surface area contributed by atoms with Crippen LogP contribution in [0.4, 0.5) is 0 Å². The van der Waals surface area contributed by atoms with Gasteiger partial charge < -0.3 is 10.1 Å². The molecule has 1 aromatic carbocycles. The Labute approximate surface area is 132 Å². The summed E-state index contributed by atoms with van der Waals surface area (Å²) >= 11 is 1.71. The first-order valence-corrected chi connectivity index (χ1v) is 10.00. The van der Waals surface area contributed by atoms with Crippen LogP contribution in [0, 0.1) is 0 Å². The van der Waals surface area contributed by atoms with Crippen molar-refractivity contribution in [1.82, 2.24) is 5.32 Å². The van der Waals surface area contributed by atoms with Gasteiger partial charge >= 0.3 is 0 Å². The van der Waals surface area contributed by atoms with Crippen molar-refractivity contribution in [1.29, 1.82) is 0 Å². The summed E-state index contributed by atoms with van der Waals surface area (Å²) in [5, 5.41) is 3.31. The number of thioether (sulfide) groups is 1. The van der Waals surface area contributed by atoms with Gasteiger partial charge in [-0.25, -0.2) is 8.42 Å². The number of benzene rings is 1. The fourth-order valence-electron chi connectivity index (χ4n) is 1.77. The van der Waals surface area contributed by atoms with Gasteiger partial charge in [0, 0.05) is 30.8 Å². The van der Waals surface area contributed by atoms with Crippen LogP contribution in [0.1, 0.15) is 18.9 Å². The summed E-state index contributed by atoms with van der Waals surface area (Å²) in [6.45, 7) is 4.06. The van der Waals surface area contributed by atoms with E-state index in [1.165, 1.54) is 10.5 Å². The van der Waals surface area contributed by atoms with Crippen LogP contribution < -0.4 is 5.32 Å². The molecule has 0 saturated carbocycles. The third kappa shape index (κ3) is 8.46. The Bertz CT molecular complexity index is 503. The predicted octanol–water partition coefficient (Wildman–Crippen LogP) is 2.34. The average molecular weight is 332 g/mol. The van der Waals surface area contributed by atoms with Crippen LogP contribution in [-0.4, -0.2) is 45.9 Å². The molecule has 0 fully saturated rings. The molecule has 0 spiro atoms. The van der Waals surface area contributed by atoms with E-state index in [1.54, 1.807) is 25.8 Å². The third-order valence-electron chi connectivity index (χ3n) is 3.02. The molecule has 1 rings (SSSR count). The van der Waals surface area contributed by atoms with Gasteiger partial charge in [-0.1, -0.05) is 19.1 Å². The fraction of sp³-hybridized carbons (Fsp3) is 0.600. The number of methoxy groups -OCH3 is 1. The van der Waals surface area contributed by atoms with E-state index in [1.807, 2.05) is 6.07 Å². The molecule has 1 N–H and O–H groups in total. The van der Waals surface area contributed by atoms with Crippen LogP contribution in [0.25, 0.3) is 0 Å². The maximum atomic E-state index is 11.4. The molecule has 0 aliphatic heterocycles. The molecule has 1 aromatic rings. The van der Waals surface area contributed by atoms with Gasteiger partial charge in [-0.3, -0.25) is 0 Å². The average Bonchev–Trinajstić information content (AvgIpc) is 2.49. The number of hydrogen-bond acceptors (Lipinski definition) is 5. The quantitative estimate of drug-likeness (QED) is 0.498. The van der Waals surface area contributed by atoms with Crippen molar-refractivity contribution in [2.24, 2.45) is 0 Å². The fourth-order valence-corrected chi connectivity index (χ4v) is 3.75. The molecule has 0 amide bonds. The van der Waals surface area contributed by atoms with Gasteiger partial charge in [-0.05, 0) is 29.9 Å². The molecule has 0 atom stereocenters. The Kier molecular flexibility index (Phi) is 8.99. The van der Waals surface area contributed by atoms with Crippen LogP contribution in [0.5, 0.6) is 0 Å². The van der Waals surface area contributed by atoms with E-state index in [4.69, 9.17) is 4.74 Å². The zero-order valence-corrected chi connectivity index (χ0v) is 14.4. The molecule has 0 aliphatic rings. The van der Waals surface area contributed by atoms with Crippen molar-refractivity contribution in [3.63, 3.8) is 0 Å². The maximum absolute atomic E-state index is 11.4. The highest BCUT2D eigenvalue weighted by Crippen LogP contribution is 2.20. The van der Waals surface area contributed by atoms with Crippen LogP contribution in [0.15, 0.2) is 29.2 Å². The van der Waals surface area contributed by atoms with Crippen molar-refractivity contribution in [3.05, 3.63) is 29.8 Å². The van der Waals surface area contributed by atoms with Crippen molar-refractivity contribution in [2.75, 3.05) is 37.5 Å². The summed E-state index contributed by atoms with van der Waals surface area (Å²) in [7, 11) is -1.14. The Hall–Kier alpha value is -0.560. The van der Waals surface area contributed by atoms with Gasteiger partial charge in [-0.2, -0.15) is 0 Å². The molecule has 0 heterocycles. The van der Waals surface area contributed by atoms with Crippen LogP contribution >= 0.6 is 11.8 Å². The highest BCUT2D eigenvalue weighted by Gasteiger charge is 2.06. The topological polar surface area (TPSA) is 55.4 Å². The molecule has 0 aliphatic carbocycles. The monoisotopic (exact) mass is 331 g/mol. The zero-order valence-electron chi connectivity index (χ0n) is 12.8. The summed E-state index contributed by atoms with van der Waals surface area (Å²) in [5.41, 5.74) is 1.23. The smallest absolute Gasteiger partial charge is 0.150 e. The van der Waals surface area contributed by atoms with Crippen LogP contribution in [0.3, 0.4) is 0 Å². The second-order valence-electron chi connectivity index (χ2n) is 4.76. The molecule has 6 heteroatoms. The summed E-state index contributed by atoms with van der Waals surface area (Å²) in [6.07, 6.45) is 0.706. The molecular weight excluding hydrogens is 306 g/mol. The molecular formula is C15H25NO3S2. The summed E-state index contributed by atoms with van der Waals surface area (Å²) in [5.74, 6) is 1.36. The zero-order chi connectivity index (χ0) is 15.6. The lowest BCUT2D eigenvalue weighted by molar-refractivity contribution is 0.199. The van der Waals surface area contributed by atoms with Gasteiger partial charge in [0.15, 0.2) is 0 Å². The lowest BCUT2D eigenvalue weighted by Crippen LogP contribution is -2.18. The van der Waals surface area contributed by atoms with E-state index in [2.05, 4.69) is 23.5 Å². The van der Waals surface area contributed by atoms with Gasteiger partial charge in [0.2, 0.25) is 0 Å². The van der Waals surface area contributed by atoms with Gasteiger partial charge in [-0.15, -0.1) is 11.8 Å². The van der Waals surface area contributed by atoms with E-state index in [9.17, 15) is 8.42 Å². The molecule has 0 radical (unpaired) electrons. The normalized spacial score (nSPS) is 11.7. The molecule has 0 saturated heterocycles. The van der Waals surface area contributed by atoms with Crippen molar-refractivity contribution in [2.45, 2.75) is 24.8 Å². The highest BCUT2D eigenvalue weighted by molar-refractivity contribution is 7.99. The number of rotatable bonds is 11. The van der Waals surface area contributed by atoms with Gasteiger partial charge in [0.1, 0.15) is 9.84 Å². The maximum Gasteiger partial charge on any atom is 0.150 e. The Balaban J connectivity index is 2.32. The number of hydrogen-bond donors (Lipinski definition) is 1. The molecule has 120 valence electrons. The SMILES string of the molecule is CCS(=O)(=O)CCCSc1cccc(CNCCOC)c1. The minimum absolute atomic E-state index is 0.236. The van der Waals surface area contributed by atoms with Gasteiger partial charge in [0.05, 0.1) is 12.4 Å². The summed E-state index contributed by atoms with van der Waals surface area (Å²) in [4.78, 5) is 1.19. The lowest BCUT2D eigenvalue weighted by atomic mass is 10.2. The van der Waals surface area contributed by atoms with Crippen LogP contribution in [-0.2, 0) is 21.1 Å². The van der Waals surface area contributed by atoms with Crippen LogP contribution in [0.2, 0.25) is 0 Å². The van der Waals surface area contributed by atoms with Crippen molar-refractivity contribution >= 4 is 21.6 Å². The van der Waals surface area contributed by atoms with E-state index in [0.29, 0.717) is 13.0 Å². The molecule has 21 heavy (non-hydrogen) atoms. The molecule has 0 bridgehead atoms. The third-order valence-corrected chi connectivity index (χ3v) is 5.89. The van der Waals surface area contributed by atoms with E-state index in [0.717, 1.165) is 18.8 Å². The molecule has 0 aromatic heterocycles. The number of ether oxygens (including phenoxy) is 1. The molecule has 4 nitrogen and oxygen atoms in total. The standard InChI is InChI=1S/C15H25NO3S2/c1-3-21(17,18)11-5-10-20-15-7-4-6-14(12-15)13-16-8-9-19-2/h4,6-7,12,16H,3,5,8-11,13H2,1-2H3. The second kappa shape index (κ2) is 10.2. The van der Waals surface area contributed by atoms with E-state index < -0.39 is 9.84 Å². The van der Waals surface area contributed by atoms with Crippen molar-refractivity contribution < 1.29 is 13.2 Å². The molecule has 0 unspecified atom stereocenters. The number of nitrogens with one attached hydrogen (secondary N) is 1. The van der Waals surface area contributed by atoms with Crippen molar-refractivity contribution in [3.8, 4) is 0 Å². The lowest BCUT2D eigenvalue weighted by Gasteiger charge is -2.07. The Morgan fingerprint density at radius 1 is 1.33 bits per heavy atom. The number of sulfone groups is 1. The Morgan fingerprint density at radius 2 is 2.14 bits per heavy atom. The van der Waals surface area contributed by atoms with E-state index >= 15 is 0 Å². The minimum atomic E-state index is -2.83.